The third-order valence-corrected chi connectivity index (χ3v) is 3.17. The largest absolute Gasteiger partial charge is 0.462 e. The van der Waals surface area contributed by atoms with Crippen LogP contribution in [0.3, 0.4) is 0 Å². The van der Waals surface area contributed by atoms with Crippen molar-refractivity contribution in [1.82, 2.24) is 4.98 Å². The summed E-state index contributed by atoms with van der Waals surface area (Å²) in [5.41, 5.74) is 2.82. The van der Waals surface area contributed by atoms with Crippen LogP contribution in [-0.2, 0) is 9.47 Å². The molecule has 0 bridgehead atoms. The number of aryl methyl sites for hydroxylation is 1. The molecule has 1 heterocycles. The fourth-order valence-electron chi connectivity index (χ4n) is 2.04. The lowest BCUT2D eigenvalue weighted by Crippen LogP contribution is -2.12. The maximum absolute atomic E-state index is 12.0. The van der Waals surface area contributed by atoms with Crippen LogP contribution in [0, 0.1) is 6.92 Å². The van der Waals surface area contributed by atoms with Gasteiger partial charge in [0.05, 0.1) is 24.5 Å². The summed E-state index contributed by atoms with van der Waals surface area (Å²) in [5, 5.41) is 0. The second kappa shape index (κ2) is 7.54. The van der Waals surface area contributed by atoms with Crippen molar-refractivity contribution in [3.63, 3.8) is 0 Å². The number of aromatic nitrogens is 1. The normalized spacial score (nSPS) is 10.2. The Hall–Kier alpha value is -2.69. The molecule has 1 aromatic carbocycles. The summed E-state index contributed by atoms with van der Waals surface area (Å²) in [6.45, 7) is 5.93. The molecular formula is C18H19NO4. The number of nitrogens with zero attached hydrogens (tertiary/aromatic N) is 1. The van der Waals surface area contributed by atoms with Gasteiger partial charge in [-0.05, 0) is 32.9 Å². The fourth-order valence-corrected chi connectivity index (χ4v) is 2.04. The van der Waals surface area contributed by atoms with Gasteiger partial charge in [0.1, 0.15) is 5.69 Å². The Bertz CT molecular complexity index is 671. The second-order valence-electron chi connectivity index (χ2n) is 4.93. The molecule has 0 saturated carbocycles. The number of esters is 2. The molecule has 2 aromatic rings. The van der Waals surface area contributed by atoms with Gasteiger partial charge in [-0.1, -0.05) is 29.8 Å². The summed E-state index contributed by atoms with van der Waals surface area (Å²) in [4.78, 5) is 28.3. The van der Waals surface area contributed by atoms with E-state index in [1.807, 2.05) is 31.2 Å². The zero-order valence-electron chi connectivity index (χ0n) is 13.5. The minimum absolute atomic E-state index is 0.0907. The van der Waals surface area contributed by atoms with Crippen LogP contribution in [0.1, 0.15) is 40.3 Å². The SMILES string of the molecule is CCOC(=O)c1cc(C(=O)OCC)nc(-c2ccc(C)cc2)c1. The number of ether oxygens (including phenoxy) is 2. The molecule has 0 atom stereocenters. The number of carbonyl (C=O) groups is 2. The van der Waals surface area contributed by atoms with E-state index in [4.69, 9.17) is 9.47 Å². The molecule has 2 rings (SSSR count). The van der Waals surface area contributed by atoms with E-state index in [2.05, 4.69) is 4.98 Å². The number of benzene rings is 1. The first kappa shape index (κ1) is 16.7. The zero-order chi connectivity index (χ0) is 16.8. The predicted octanol–water partition coefficient (Wildman–Crippen LogP) is 3.41. The Labute approximate surface area is 135 Å². The summed E-state index contributed by atoms with van der Waals surface area (Å²) < 4.78 is 9.99. The molecule has 5 heteroatoms. The van der Waals surface area contributed by atoms with Gasteiger partial charge in [0.15, 0.2) is 0 Å². The van der Waals surface area contributed by atoms with Crippen LogP contribution in [0.25, 0.3) is 11.3 Å². The molecule has 0 aliphatic carbocycles. The van der Waals surface area contributed by atoms with E-state index in [1.165, 1.54) is 6.07 Å². The van der Waals surface area contributed by atoms with Gasteiger partial charge in [0, 0.05) is 5.56 Å². The van der Waals surface area contributed by atoms with Crippen LogP contribution in [0.2, 0.25) is 0 Å². The predicted molar refractivity (Wildman–Crippen MR) is 86.3 cm³/mol. The molecule has 0 spiro atoms. The first-order chi connectivity index (χ1) is 11.0. The number of hydrogen-bond acceptors (Lipinski definition) is 5. The molecular weight excluding hydrogens is 294 g/mol. The Morgan fingerprint density at radius 3 is 2.17 bits per heavy atom. The number of pyridine rings is 1. The Morgan fingerprint density at radius 1 is 0.957 bits per heavy atom. The minimum Gasteiger partial charge on any atom is -0.462 e. The lowest BCUT2D eigenvalue weighted by molar-refractivity contribution is 0.0519. The number of carbonyl (C=O) groups excluding carboxylic acids is 2. The van der Waals surface area contributed by atoms with Gasteiger partial charge in [-0.2, -0.15) is 0 Å². The Balaban J connectivity index is 2.50. The monoisotopic (exact) mass is 313 g/mol. The van der Waals surface area contributed by atoms with Crippen molar-refractivity contribution in [3.8, 4) is 11.3 Å². The smallest absolute Gasteiger partial charge is 0.356 e. The zero-order valence-corrected chi connectivity index (χ0v) is 13.5. The van der Waals surface area contributed by atoms with Crippen molar-refractivity contribution in [2.24, 2.45) is 0 Å². The van der Waals surface area contributed by atoms with Gasteiger partial charge < -0.3 is 9.47 Å². The average Bonchev–Trinajstić information content (AvgIpc) is 2.55. The molecule has 120 valence electrons. The van der Waals surface area contributed by atoms with Crippen molar-refractivity contribution in [2.45, 2.75) is 20.8 Å². The lowest BCUT2D eigenvalue weighted by atomic mass is 10.1. The van der Waals surface area contributed by atoms with E-state index < -0.39 is 11.9 Å². The molecule has 0 saturated heterocycles. The average molecular weight is 313 g/mol. The molecule has 0 radical (unpaired) electrons. The van der Waals surface area contributed by atoms with Gasteiger partial charge >= 0.3 is 11.9 Å². The van der Waals surface area contributed by atoms with Crippen molar-refractivity contribution in [2.75, 3.05) is 13.2 Å². The second-order valence-corrected chi connectivity index (χ2v) is 4.93. The maximum Gasteiger partial charge on any atom is 0.356 e. The first-order valence-corrected chi connectivity index (χ1v) is 7.48. The van der Waals surface area contributed by atoms with Gasteiger partial charge in [-0.25, -0.2) is 14.6 Å². The highest BCUT2D eigenvalue weighted by Gasteiger charge is 2.16. The van der Waals surface area contributed by atoms with E-state index in [1.54, 1.807) is 19.9 Å². The van der Waals surface area contributed by atoms with Gasteiger partial charge in [0.25, 0.3) is 0 Å². The highest BCUT2D eigenvalue weighted by atomic mass is 16.5. The topological polar surface area (TPSA) is 65.5 Å². The molecule has 5 nitrogen and oxygen atoms in total. The standard InChI is InChI=1S/C18H19NO4/c1-4-22-17(20)14-10-15(13-8-6-12(3)7-9-13)19-16(11-14)18(21)23-5-2/h6-11H,4-5H2,1-3H3. The minimum atomic E-state index is -0.563. The van der Waals surface area contributed by atoms with Crippen molar-refractivity contribution in [3.05, 3.63) is 53.2 Å². The van der Waals surface area contributed by atoms with Gasteiger partial charge in [-0.15, -0.1) is 0 Å². The molecule has 0 N–H and O–H groups in total. The summed E-state index contributed by atoms with van der Waals surface area (Å²) >= 11 is 0. The summed E-state index contributed by atoms with van der Waals surface area (Å²) in [6.07, 6.45) is 0. The van der Waals surface area contributed by atoms with Crippen LogP contribution in [-0.4, -0.2) is 30.1 Å². The number of rotatable bonds is 5. The van der Waals surface area contributed by atoms with Crippen LogP contribution in [0.5, 0.6) is 0 Å². The summed E-state index contributed by atoms with van der Waals surface area (Å²) in [6, 6.07) is 10.7. The van der Waals surface area contributed by atoms with Crippen molar-refractivity contribution >= 4 is 11.9 Å². The van der Waals surface area contributed by atoms with E-state index in [0.717, 1.165) is 11.1 Å². The Kier molecular flexibility index (Phi) is 5.46. The highest BCUT2D eigenvalue weighted by molar-refractivity contribution is 5.95. The van der Waals surface area contributed by atoms with Gasteiger partial charge in [-0.3, -0.25) is 0 Å². The van der Waals surface area contributed by atoms with Crippen molar-refractivity contribution in [1.29, 1.82) is 0 Å². The highest BCUT2D eigenvalue weighted by Crippen LogP contribution is 2.21. The van der Waals surface area contributed by atoms with Crippen LogP contribution < -0.4 is 0 Å². The van der Waals surface area contributed by atoms with E-state index in [9.17, 15) is 9.59 Å². The summed E-state index contributed by atoms with van der Waals surface area (Å²) in [7, 11) is 0. The molecule has 0 aliphatic rings. The van der Waals surface area contributed by atoms with Gasteiger partial charge in [0.2, 0.25) is 0 Å². The van der Waals surface area contributed by atoms with Crippen LogP contribution >= 0.6 is 0 Å². The molecule has 0 unspecified atom stereocenters. The Morgan fingerprint density at radius 2 is 1.57 bits per heavy atom. The fraction of sp³-hybridized carbons (Fsp3) is 0.278. The van der Waals surface area contributed by atoms with E-state index in [-0.39, 0.29) is 24.5 Å². The molecule has 0 amide bonds. The summed E-state index contributed by atoms with van der Waals surface area (Å²) in [5.74, 6) is -1.05. The van der Waals surface area contributed by atoms with Crippen LogP contribution in [0.4, 0.5) is 0 Å². The molecule has 0 fully saturated rings. The van der Waals surface area contributed by atoms with E-state index >= 15 is 0 Å². The van der Waals surface area contributed by atoms with Crippen molar-refractivity contribution < 1.29 is 19.1 Å². The van der Waals surface area contributed by atoms with E-state index in [0.29, 0.717) is 5.69 Å². The quantitative estimate of drug-likeness (QED) is 0.791. The molecule has 1 aromatic heterocycles. The molecule has 0 aliphatic heterocycles. The lowest BCUT2D eigenvalue weighted by Gasteiger charge is -2.09. The third kappa shape index (κ3) is 4.16. The first-order valence-electron chi connectivity index (χ1n) is 7.48. The number of hydrogen-bond donors (Lipinski definition) is 0. The van der Waals surface area contributed by atoms with Crippen LogP contribution in [0.15, 0.2) is 36.4 Å². The third-order valence-electron chi connectivity index (χ3n) is 3.17. The molecule has 23 heavy (non-hydrogen) atoms. The maximum atomic E-state index is 12.0.